The van der Waals surface area contributed by atoms with Crippen LogP contribution in [-0.2, 0) is 0 Å². The molecule has 5 nitrogen and oxygen atoms in total. The second-order valence-electron chi connectivity index (χ2n) is 1.71. The molecule has 7 heteroatoms. The lowest BCUT2D eigenvalue weighted by atomic mass is 10.6. The second-order valence-corrected chi connectivity index (χ2v) is 4.21. The molecule has 2 rings (SSSR count). The molecule has 0 fully saturated rings. The number of hydrogen-bond donors (Lipinski definition) is 1. The lowest BCUT2D eigenvalue weighted by Gasteiger charge is -1.81. The standard InChI is InChI=1S/C4H2IN5S/c5-4-8-3(10-11-4)2-6-1-7-9-2/h1H,(H,6,7,9). The first-order chi connectivity index (χ1) is 5.36. The predicted octanol–water partition coefficient (Wildman–Crippen LogP) is 0.928. The molecule has 0 bridgehead atoms. The summed E-state index contributed by atoms with van der Waals surface area (Å²) in [7, 11) is 0. The largest absolute Gasteiger partial charge is 0.257 e. The SMILES string of the molecule is Ic1nc(-c2ncn[nH]2)ns1. The van der Waals surface area contributed by atoms with Gasteiger partial charge in [0, 0.05) is 0 Å². The van der Waals surface area contributed by atoms with E-state index in [4.69, 9.17) is 0 Å². The van der Waals surface area contributed by atoms with E-state index in [0.29, 0.717) is 11.6 Å². The Hall–Kier alpha value is -0.570. The number of aromatic amines is 1. The minimum Gasteiger partial charge on any atom is -0.257 e. The Morgan fingerprint density at radius 2 is 2.45 bits per heavy atom. The van der Waals surface area contributed by atoms with E-state index < -0.39 is 0 Å². The van der Waals surface area contributed by atoms with Crippen LogP contribution in [0.2, 0.25) is 0 Å². The van der Waals surface area contributed by atoms with Crippen molar-refractivity contribution in [3.05, 3.63) is 9.34 Å². The third-order valence-corrected chi connectivity index (χ3v) is 2.37. The number of rotatable bonds is 1. The topological polar surface area (TPSA) is 67.3 Å². The van der Waals surface area contributed by atoms with Gasteiger partial charge in [0.05, 0.1) is 0 Å². The van der Waals surface area contributed by atoms with Gasteiger partial charge < -0.3 is 0 Å². The predicted molar refractivity (Wildman–Crippen MR) is 48.0 cm³/mol. The summed E-state index contributed by atoms with van der Waals surface area (Å²) in [5, 5.41) is 6.38. The summed E-state index contributed by atoms with van der Waals surface area (Å²) < 4.78 is 4.94. The summed E-state index contributed by atoms with van der Waals surface area (Å²) in [4.78, 5) is 8.02. The third-order valence-electron chi connectivity index (χ3n) is 1.03. The molecule has 2 aromatic rings. The van der Waals surface area contributed by atoms with Crippen molar-refractivity contribution in [2.45, 2.75) is 0 Å². The van der Waals surface area contributed by atoms with Gasteiger partial charge in [0.15, 0.2) is 8.84 Å². The molecular weight excluding hydrogens is 277 g/mol. The minimum atomic E-state index is 0.608. The van der Waals surface area contributed by atoms with Crippen LogP contribution in [0.3, 0.4) is 0 Å². The lowest BCUT2D eigenvalue weighted by Crippen LogP contribution is -1.82. The van der Waals surface area contributed by atoms with Crippen LogP contribution in [-0.4, -0.2) is 24.5 Å². The van der Waals surface area contributed by atoms with Gasteiger partial charge in [-0.15, -0.1) is 0 Å². The monoisotopic (exact) mass is 279 g/mol. The zero-order valence-electron chi connectivity index (χ0n) is 5.15. The first-order valence-corrected chi connectivity index (χ1v) is 4.56. The zero-order valence-corrected chi connectivity index (χ0v) is 8.13. The highest BCUT2D eigenvalue weighted by molar-refractivity contribution is 14.1. The molecule has 0 atom stereocenters. The van der Waals surface area contributed by atoms with Crippen molar-refractivity contribution in [3.63, 3.8) is 0 Å². The molecule has 2 heterocycles. The van der Waals surface area contributed by atoms with Crippen LogP contribution < -0.4 is 0 Å². The molecule has 1 N–H and O–H groups in total. The van der Waals surface area contributed by atoms with Gasteiger partial charge in [0.1, 0.15) is 6.33 Å². The molecule has 0 unspecified atom stereocenters. The zero-order chi connectivity index (χ0) is 7.68. The van der Waals surface area contributed by atoms with Gasteiger partial charge in [-0.1, -0.05) is 0 Å². The Balaban J connectivity index is 2.45. The van der Waals surface area contributed by atoms with Crippen LogP contribution in [0.15, 0.2) is 6.33 Å². The molecule has 0 radical (unpaired) electrons. The summed E-state index contributed by atoms with van der Waals surface area (Å²) in [5.41, 5.74) is 0. The highest BCUT2D eigenvalue weighted by Crippen LogP contribution is 2.13. The molecule has 0 saturated heterocycles. The average Bonchev–Trinajstić information content (AvgIpc) is 2.55. The average molecular weight is 279 g/mol. The van der Waals surface area contributed by atoms with Crippen molar-refractivity contribution in [1.29, 1.82) is 0 Å². The molecule has 0 amide bonds. The fourth-order valence-corrected chi connectivity index (χ4v) is 1.55. The van der Waals surface area contributed by atoms with Gasteiger partial charge in [-0.05, 0) is 34.1 Å². The lowest BCUT2D eigenvalue weighted by molar-refractivity contribution is 1.08. The number of aromatic nitrogens is 5. The van der Waals surface area contributed by atoms with Crippen LogP contribution in [0.4, 0.5) is 0 Å². The van der Waals surface area contributed by atoms with Crippen LogP contribution in [0.1, 0.15) is 0 Å². The van der Waals surface area contributed by atoms with E-state index in [2.05, 4.69) is 47.1 Å². The van der Waals surface area contributed by atoms with Crippen molar-refractivity contribution in [3.8, 4) is 11.6 Å². The fraction of sp³-hybridized carbons (Fsp3) is 0. The number of H-pyrrole nitrogens is 1. The number of hydrogen-bond acceptors (Lipinski definition) is 5. The molecule has 0 spiro atoms. The van der Waals surface area contributed by atoms with E-state index in [-0.39, 0.29) is 0 Å². The first kappa shape index (κ1) is 7.10. The van der Waals surface area contributed by atoms with Crippen molar-refractivity contribution in [2.24, 2.45) is 0 Å². The van der Waals surface area contributed by atoms with E-state index >= 15 is 0 Å². The van der Waals surface area contributed by atoms with Gasteiger partial charge in [0.25, 0.3) is 0 Å². The molecule has 0 aliphatic rings. The first-order valence-electron chi connectivity index (χ1n) is 2.71. The van der Waals surface area contributed by atoms with Gasteiger partial charge in [-0.2, -0.15) is 9.47 Å². The van der Waals surface area contributed by atoms with Crippen molar-refractivity contribution in [2.75, 3.05) is 0 Å². The quantitative estimate of drug-likeness (QED) is 0.788. The summed E-state index contributed by atoms with van der Waals surface area (Å²) >= 11 is 3.45. The van der Waals surface area contributed by atoms with Crippen LogP contribution >= 0.6 is 34.1 Å². The maximum atomic E-state index is 4.11. The highest BCUT2D eigenvalue weighted by atomic mass is 127. The van der Waals surface area contributed by atoms with E-state index in [9.17, 15) is 0 Å². The maximum absolute atomic E-state index is 4.11. The summed E-state index contributed by atoms with van der Waals surface area (Å²) in [6.07, 6.45) is 1.43. The molecule has 0 aliphatic carbocycles. The molecular formula is C4H2IN5S. The van der Waals surface area contributed by atoms with Gasteiger partial charge in [-0.3, -0.25) is 5.10 Å². The molecule has 0 aromatic carbocycles. The van der Waals surface area contributed by atoms with E-state index in [1.165, 1.54) is 17.9 Å². The van der Waals surface area contributed by atoms with E-state index in [0.717, 1.165) is 3.01 Å². The molecule has 0 aliphatic heterocycles. The van der Waals surface area contributed by atoms with Crippen molar-refractivity contribution >= 4 is 34.1 Å². The van der Waals surface area contributed by atoms with Crippen LogP contribution in [0.25, 0.3) is 11.6 Å². The summed E-state index contributed by atoms with van der Waals surface area (Å²) in [6, 6.07) is 0. The third kappa shape index (κ3) is 1.38. The van der Waals surface area contributed by atoms with Gasteiger partial charge >= 0.3 is 0 Å². The van der Waals surface area contributed by atoms with Crippen molar-refractivity contribution < 1.29 is 0 Å². The minimum absolute atomic E-state index is 0.608. The highest BCUT2D eigenvalue weighted by Gasteiger charge is 2.05. The second kappa shape index (κ2) is 2.81. The van der Waals surface area contributed by atoms with Crippen LogP contribution in [0, 0.1) is 3.01 Å². The normalized spacial score (nSPS) is 10.3. The Labute approximate surface area is 79.6 Å². The Morgan fingerprint density at radius 3 is 3.00 bits per heavy atom. The molecule has 56 valence electrons. The Bertz CT molecular complexity index is 341. The van der Waals surface area contributed by atoms with Crippen molar-refractivity contribution in [1.82, 2.24) is 24.5 Å². The Morgan fingerprint density at radius 1 is 1.55 bits per heavy atom. The molecule has 2 aromatic heterocycles. The molecule has 0 saturated carbocycles. The van der Waals surface area contributed by atoms with E-state index in [1.54, 1.807) is 0 Å². The number of nitrogens with one attached hydrogen (secondary N) is 1. The smallest absolute Gasteiger partial charge is 0.211 e. The Kier molecular flexibility index (Phi) is 1.82. The summed E-state index contributed by atoms with van der Waals surface area (Å²) in [6.45, 7) is 0. The van der Waals surface area contributed by atoms with Gasteiger partial charge in [-0.25, -0.2) is 9.97 Å². The maximum Gasteiger partial charge on any atom is 0.211 e. The summed E-state index contributed by atoms with van der Waals surface area (Å²) in [5.74, 6) is 1.22. The fourth-order valence-electron chi connectivity index (χ4n) is 0.614. The van der Waals surface area contributed by atoms with Gasteiger partial charge in [0.2, 0.25) is 5.82 Å². The number of halogens is 1. The van der Waals surface area contributed by atoms with E-state index in [1.807, 2.05) is 0 Å². The van der Waals surface area contributed by atoms with Crippen LogP contribution in [0.5, 0.6) is 0 Å². The number of nitrogens with zero attached hydrogens (tertiary/aromatic N) is 4. The molecule has 11 heavy (non-hydrogen) atoms.